The zero-order valence-electron chi connectivity index (χ0n) is 12.8. The minimum atomic E-state index is -0.391. The molecule has 0 unspecified atom stereocenters. The fourth-order valence-electron chi connectivity index (χ4n) is 1.88. The number of nitrogens with one attached hydrogen (secondary N) is 2. The number of oxazole rings is 1. The van der Waals surface area contributed by atoms with Crippen molar-refractivity contribution in [2.24, 2.45) is 12.5 Å². The summed E-state index contributed by atoms with van der Waals surface area (Å²) in [6, 6.07) is 5.23. The number of carbonyl (C=O) groups excluding carboxylic acids is 1. The Labute approximate surface area is 123 Å². The quantitative estimate of drug-likeness (QED) is 0.907. The lowest BCUT2D eigenvalue weighted by molar-refractivity contribution is 0.235. The number of hydrogen-bond acceptors (Lipinski definition) is 3. The van der Waals surface area contributed by atoms with Crippen molar-refractivity contribution in [1.29, 1.82) is 0 Å². The molecule has 0 spiro atoms. The SMILES string of the molecule is Cn1c(=O)oc2cc(CNC(=O)NCC(C)(C)C)ccc21. The van der Waals surface area contributed by atoms with Gasteiger partial charge >= 0.3 is 11.8 Å². The highest BCUT2D eigenvalue weighted by Crippen LogP contribution is 2.14. The van der Waals surface area contributed by atoms with E-state index in [2.05, 4.69) is 31.4 Å². The van der Waals surface area contributed by atoms with E-state index >= 15 is 0 Å². The summed E-state index contributed by atoms with van der Waals surface area (Å²) >= 11 is 0. The van der Waals surface area contributed by atoms with Crippen LogP contribution in [0.25, 0.3) is 11.1 Å². The van der Waals surface area contributed by atoms with Crippen molar-refractivity contribution in [2.75, 3.05) is 6.54 Å². The van der Waals surface area contributed by atoms with E-state index in [0.29, 0.717) is 18.7 Å². The van der Waals surface area contributed by atoms with Crippen LogP contribution in [0.1, 0.15) is 26.3 Å². The summed E-state index contributed by atoms with van der Waals surface area (Å²) in [5.74, 6) is -0.391. The Bertz CT molecular complexity index is 707. The molecule has 0 aliphatic rings. The van der Waals surface area contributed by atoms with Crippen LogP contribution in [0.15, 0.2) is 27.4 Å². The molecule has 1 aromatic carbocycles. The highest BCUT2D eigenvalue weighted by atomic mass is 16.4. The Morgan fingerprint density at radius 2 is 2.00 bits per heavy atom. The molecule has 6 nitrogen and oxygen atoms in total. The van der Waals surface area contributed by atoms with Gasteiger partial charge in [0.2, 0.25) is 0 Å². The van der Waals surface area contributed by atoms with Gasteiger partial charge in [-0.25, -0.2) is 9.59 Å². The molecule has 1 heterocycles. The van der Waals surface area contributed by atoms with Gasteiger partial charge in [-0.05, 0) is 23.1 Å². The van der Waals surface area contributed by atoms with Crippen LogP contribution in [0.5, 0.6) is 0 Å². The van der Waals surface area contributed by atoms with Gasteiger partial charge in [0.25, 0.3) is 0 Å². The fraction of sp³-hybridized carbons (Fsp3) is 0.467. The Morgan fingerprint density at radius 1 is 1.29 bits per heavy atom. The molecule has 2 aromatic rings. The fourth-order valence-corrected chi connectivity index (χ4v) is 1.88. The maximum absolute atomic E-state index is 11.7. The first-order valence-corrected chi connectivity index (χ1v) is 6.86. The third-order valence-electron chi connectivity index (χ3n) is 3.09. The number of aryl methyl sites for hydroxylation is 1. The smallest absolute Gasteiger partial charge is 0.408 e. The monoisotopic (exact) mass is 291 g/mol. The normalized spacial score (nSPS) is 11.6. The van der Waals surface area contributed by atoms with Crippen LogP contribution in [0, 0.1) is 5.41 Å². The van der Waals surface area contributed by atoms with E-state index < -0.39 is 5.76 Å². The maximum atomic E-state index is 11.7. The molecule has 0 atom stereocenters. The lowest BCUT2D eigenvalue weighted by Crippen LogP contribution is -2.39. The number of benzene rings is 1. The van der Waals surface area contributed by atoms with Gasteiger partial charge in [0.05, 0.1) is 5.52 Å². The molecule has 1 aromatic heterocycles. The topological polar surface area (TPSA) is 76.3 Å². The Morgan fingerprint density at radius 3 is 2.67 bits per heavy atom. The van der Waals surface area contributed by atoms with Crippen LogP contribution in [0.2, 0.25) is 0 Å². The average molecular weight is 291 g/mol. The molecule has 0 aliphatic heterocycles. The van der Waals surface area contributed by atoms with Gasteiger partial charge in [-0.3, -0.25) is 4.57 Å². The molecule has 2 rings (SSSR count). The summed E-state index contributed by atoms with van der Waals surface area (Å²) in [4.78, 5) is 23.1. The molecule has 21 heavy (non-hydrogen) atoms. The molecule has 114 valence electrons. The first-order chi connectivity index (χ1) is 9.76. The van der Waals surface area contributed by atoms with Crippen LogP contribution in [-0.2, 0) is 13.6 Å². The standard InChI is InChI=1S/C15H21N3O3/c1-15(2,3)9-17-13(19)16-8-10-5-6-11-12(7-10)21-14(20)18(11)4/h5-7H,8-9H2,1-4H3,(H2,16,17,19). The summed E-state index contributed by atoms with van der Waals surface area (Å²) in [7, 11) is 1.66. The molecular weight excluding hydrogens is 270 g/mol. The van der Waals surface area contributed by atoms with Crippen LogP contribution in [0.4, 0.5) is 4.79 Å². The summed E-state index contributed by atoms with van der Waals surface area (Å²) in [6.07, 6.45) is 0. The predicted octanol–water partition coefficient (Wildman–Crippen LogP) is 1.98. The Kier molecular flexibility index (Phi) is 4.06. The van der Waals surface area contributed by atoms with Crippen molar-refractivity contribution in [2.45, 2.75) is 27.3 Å². The van der Waals surface area contributed by atoms with E-state index in [9.17, 15) is 9.59 Å². The van der Waals surface area contributed by atoms with Crippen LogP contribution in [0.3, 0.4) is 0 Å². The molecule has 0 saturated heterocycles. The minimum absolute atomic E-state index is 0.0453. The molecule has 0 radical (unpaired) electrons. The number of carbonyl (C=O) groups is 1. The molecule has 0 bridgehead atoms. The Hall–Kier alpha value is -2.24. The lowest BCUT2D eigenvalue weighted by atomic mass is 9.97. The number of fused-ring (bicyclic) bond motifs is 1. The van der Waals surface area contributed by atoms with E-state index in [4.69, 9.17) is 4.42 Å². The van der Waals surface area contributed by atoms with Crippen molar-refractivity contribution in [3.63, 3.8) is 0 Å². The van der Waals surface area contributed by atoms with Gasteiger partial charge in [0.1, 0.15) is 0 Å². The van der Waals surface area contributed by atoms with E-state index in [1.54, 1.807) is 13.1 Å². The van der Waals surface area contributed by atoms with Gasteiger partial charge in [-0.15, -0.1) is 0 Å². The molecule has 0 saturated carbocycles. The van der Waals surface area contributed by atoms with Crippen molar-refractivity contribution in [1.82, 2.24) is 15.2 Å². The maximum Gasteiger partial charge on any atom is 0.419 e. The lowest BCUT2D eigenvalue weighted by Gasteiger charge is -2.18. The number of rotatable bonds is 3. The van der Waals surface area contributed by atoms with E-state index in [1.807, 2.05) is 12.1 Å². The number of nitrogens with zero attached hydrogens (tertiary/aromatic N) is 1. The number of urea groups is 1. The van der Waals surface area contributed by atoms with Gasteiger partial charge in [0, 0.05) is 20.1 Å². The van der Waals surface area contributed by atoms with Crippen LogP contribution >= 0.6 is 0 Å². The number of hydrogen-bond donors (Lipinski definition) is 2. The van der Waals surface area contributed by atoms with Gasteiger partial charge in [0.15, 0.2) is 5.58 Å². The summed E-state index contributed by atoms with van der Waals surface area (Å²) in [6.45, 7) is 7.14. The molecular formula is C15H21N3O3. The van der Waals surface area contributed by atoms with Crippen molar-refractivity contribution < 1.29 is 9.21 Å². The second kappa shape index (κ2) is 5.63. The van der Waals surface area contributed by atoms with Crippen molar-refractivity contribution >= 4 is 17.1 Å². The summed E-state index contributed by atoms with van der Waals surface area (Å²) in [5.41, 5.74) is 2.18. The highest BCUT2D eigenvalue weighted by molar-refractivity contribution is 5.75. The highest BCUT2D eigenvalue weighted by Gasteiger charge is 2.12. The number of amides is 2. The second-order valence-corrected chi connectivity index (χ2v) is 6.33. The van der Waals surface area contributed by atoms with E-state index in [0.717, 1.165) is 11.1 Å². The van der Waals surface area contributed by atoms with E-state index in [-0.39, 0.29) is 11.4 Å². The van der Waals surface area contributed by atoms with E-state index in [1.165, 1.54) is 4.57 Å². The molecule has 2 N–H and O–H groups in total. The number of aromatic nitrogens is 1. The Balaban J connectivity index is 1.97. The predicted molar refractivity (Wildman–Crippen MR) is 81.1 cm³/mol. The van der Waals surface area contributed by atoms with Crippen LogP contribution in [-0.4, -0.2) is 17.1 Å². The summed E-state index contributed by atoms with van der Waals surface area (Å²) in [5, 5.41) is 5.60. The molecule has 0 fully saturated rings. The third-order valence-corrected chi connectivity index (χ3v) is 3.09. The van der Waals surface area contributed by atoms with Gasteiger partial charge in [-0.2, -0.15) is 0 Å². The largest absolute Gasteiger partial charge is 0.419 e. The first-order valence-electron chi connectivity index (χ1n) is 6.86. The van der Waals surface area contributed by atoms with Gasteiger partial charge in [-0.1, -0.05) is 26.8 Å². The average Bonchev–Trinajstić information content (AvgIpc) is 2.68. The third kappa shape index (κ3) is 3.87. The zero-order valence-corrected chi connectivity index (χ0v) is 12.8. The molecule has 6 heteroatoms. The zero-order chi connectivity index (χ0) is 15.6. The van der Waals surface area contributed by atoms with Crippen LogP contribution < -0.4 is 16.4 Å². The summed E-state index contributed by atoms with van der Waals surface area (Å²) < 4.78 is 6.56. The molecule has 2 amide bonds. The van der Waals surface area contributed by atoms with Gasteiger partial charge < -0.3 is 15.1 Å². The van der Waals surface area contributed by atoms with Crippen molar-refractivity contribution in [3.8, 4) is 0 Å². The first kappa shape index (κ1) is 15.2. The molecule has 0 aliphatic carbocycles. The second-order valence-electron chi connectivity index (χ2n) is 6.33. The minimum Gasteiger partial charge on any atom is -0.408 e. The van der Waals surface area contributed by atoms with Crippen molar-refractivity contribution in [3.05, 3.63) is 34.3 Å².